The number of carbonyl (C=O) groups excluding carboxylic acids is 2. The van der Waals surface area contributed by atoms with Crippen LogP contribution in [0, 0.1) is 6.92 Å². The van der Waals surface area contributed by atoms with Crippen molar-refractivity contribution in [2.45, 2.75) is 46.2 Å². The monoisotopic (exact) mass is 278 g/mol. The molecular formula is C14H22N4O2. The first-order chi connectivity index (χ1) is 9.43. The average Bonchev–Trinajstić information content (AvgIpc) is 2.70. The third kappa shape index (κ3) is 2.55. The summed E-state index contributed by atoms with van der Waals surface area (Å²) in [6.45, 7) is 8.91. The molecule has 0 bridgehead atoms. The molecule has 0 aromatic carbocycles. The summed E-state index contributed by atoms with van der Waals surface area (Å²) in [7, 11) is 0. The molecule has 1 saturated heterocycles. The minimum atomic E-state index is -0.438. The van der Waals surface area contributed by atoms with Crippen LogP contribution in [0.2, 0.25) is 0 Å². The maximum atomic E-state index is 12.7. The molecule has 1 aromatic heterocycles. The number of hydrogen-bond acceptors (Lipinski definition) is 3. The second kappa shape index (κ2) is 5.64. The molecule has 1 aromatic rings. The maximum absolute atomic E-state index is 12.7. The van der Waals surface area contributed by atoms with Crippen LogP contribution in [0.25, 0.3) is 0 Å². The predicted octanol–water partition coefficient (Wildman–Crippen LogP) is 1.12. The number of nitrogens with zero attached hydrogens (tertiary/aromatic N) is 3. The van der Waals surface area contributed by atoms with E-state index < -0.39 is 6.04 Å². The van der Waals surface area contributed by atoms with Crippen LogP contribution in [0.5, 0.6) is 0 Å². The van der Waals surface area contributed by atoms with E-state index in [0.717, 1.165) is 12.1 Å². The van der Waals surface area contributed by atoms with E-state index in [4.69, 9.17) is 0 Å². The first kappa shape index (κ1) is 14.6. The summed E-state index contributed by atoms with van der Waals surface area (Å²) >= 11 is 0. The summed E-state index contributed by atoms with van der Waals surface area (Å²) in [5, 5.41) is 7.08. The molecule has 6 nitrogen and oxygen atoms in total. The first-order valence-electron chi connectivity index (χ1n) is 7.06. The second-order valence-corrected chi connectivity index (χ2v) is 5.50. The van der Waals surface area contributed by atoms with E-state index in [-0.39, 0.29) is 17.9 Å². The molecule has 1 N–H and O–H groups in total. The minimum Gasteiger partial charge on any atom is -0.354 e. The van der Waals surface area contributed by atoms with Crippen molar-refractivity contribution in [3.8, 4) is 0 Å². The summed E-state index contributed by atoms with van der Waals surface area (Å²) in [5.74, 6) is -0.205. The smallest absolute Gasteiger partial charge is 0.257 e. The van der Waals surface area contributed by atoms with Crippen LogP contribution in [0.4, 0.5) is 0 Å². The van der Waals surface area contributed by atoms with E-state index in [9.17, 15) is 9.59 Å². The van der Waals surface area contributed by atoms with Gasteiger partial charge in [0.2, 0.25) is 5.91 Å². The molecule has 0 saturated carbocycles. The third-order valence-electron chi connectivity index (χ3n) is 3.75. The molecule has 2 rings (SSSR count). The van der Waals surface area contributed by atoms with Crippen molar-refractivity contribution < 1.29 is 9.59 Å². The van der Waals surface area contributed by atoms with Crippen molar-refractivity contribution in [3.05, 3.63) is 17.5 Å². The van der Waals surface area contributed by atoms with Crippen molar-refractivity contribution in [1.82, 2.24) is 20.0 Å². The van der Waals surface area contributed by atoms with Crippen molar-refractivity contribution >= 4 is 11.8 Å². The Kier molecular flexibility index (Phi) is 4.11. The number of amides is 2. The molecule has 1 aliphatic heterocycles. The zero-order valence-electron chi connectivity index (χ0n) is 12.5. The molecule has 2 amide bonds. The van der Waals surface area contributed by atoms with Crippen LogP contribution in [-0.2, 0) is 4.79 Å². The largest absolute Gasteiger partial charge is 0.354 e. The molecule has 1 unspecified atom stereocenters. The van der Waals surface area contributed by atoms with E-state index >= 15 is 0 Å². The molecule has 0 aliphatic carbocycles. The van der Waals surface area contributed by atoms with Crippen LogP contribution >= 0.6 is 0 Å². The fourth-order valence-electron chi connectivity index (χ4n) is 2.53. The Morgan fingerprint density at radius 1 is 1.50 bits per heavy atom. The highest BCUT2D eigenvalue weighted by Gasteiger charge is 2.30. The number of aromatic nitrogens is 2. The highest BCUT2D eigenvalue weighted by Crippen LogP contribution is 2.17. The number of nitrogens with one attached hydrogen (secondary N) is 1. The molecule has 1 aliphatic rings. The van der Waals surface area contributed by atoms with E-state index in [2.05, 4.69) is 10.4 Å². The van der Waals surface area contributed by atoms with Crippen LogP contribution in [-0.4, -0.2) is 45.6 Å². The highest BCUT2D eigenvalue weighted by atomic mass is 16.2. The van der Waals surface area contributed by atoms with E-state index in [1.165, 1.54) is 0 Å². The zero-order valence-corrected chi connectivity index (χ0v) is 12.5. The van der Waals surface area contributed by atoms with Crippen LogP contribution in [0.1, 0.15) is 49.3 Å². The van der Waals surface area contributed by atoms with Gasteiger partial charge in [-0.3, -0.25) is 14.3 Å². The number of hydrogen-bond donors (Lipinski definition) is 1. The van der Waals surface area contributed by atoms with Crippen molar-refractivity contribution in [2.75, 3.05) is 13.1 Å². The van der Waals surface area contributed by atoms with Gasteiger partial charge >= 0.3 is 0 Å². The van der Waals surface area contributed by atoms with Gasteiger partial charge in [0.15, 0.2) is 0 Å². The lowest BCUT2D eigenvalue weighted by Gasteiger charge is -2.25. The van der Waals surface area contributed by atoms with Gasteiger partial charge in [-0.2, -0.15) is 5.10 Å². The highest BCUT2D eigenvalue weighted by molar-refractivity contribution is 5.98. The fourth-order valence-corrected chi connectivity index (χ4v) is 2.53. The normalized spacial score (nSPS) is 19.9. The molecule has 110 valence electrons. The standard InChI is InChI=1S/C14H22N4O2/c1-9(2)18-10(3)12(8-16-18)14(20)17-7-5-6-15-13(19)11(17)4/h8-9,11H,5-7H2,1-4H3,(H,15,19). The van der Waals surface area contributed by atoms with Gasteiger partial charge in [0.05, 0.1) is 11.8 Å². The van der Waals surface area contributed by atoms with Crippen LogP contribution in [0.15, 0.2) is 6.20 Å². The SMILES string of the molecule is Cc1c(C(=O)N2CCCNC(=O)C2C)cnn1C(C)C. The summed E-state index contributed by atoms with van der Waals surface area (Å²) in [5.41, 5.74) is 1.43. The summed E-state index contributed by atoms with van der Waals surface area (Å²) in [6.07, 6.45) is 2.38. The van der Waals surface area contributed by atoms with Gasteiger partial charge in [0.25, 0.3) is 5.91 Å². The van der Waals surface area contributed by atoms with E-state index in [1.54, 1.807) is 18.0 Å². The summed E-state index contributed by atoms with van der Waals surface area (Å²) in [4.78, 5) is 26.1. The van der Waals surface area contributed by atoms with Gasteiger partial charge in [0.1, 0.15) is 6.04 Å². The molecule has 0 radical (unpaired) electrons. The van der Waals surface area contributed by atoms with E-state index in [0.29, 0.717) is 18.7 Å². The van der Waals surface area contributed by atoms with Crippen molar-refractivity contribution in [1.29, 1.82) is 0 Å². The molecule has 1 fully saturated rings. The minimum absolute atomic E-state index is 0.0928. The quantitative estimate of drug-likeness (QED) is 0.881. The van der Waals surface area contributed by atoms with Gasteiger partial charge in [-0.15, -0.1) is 0 Å². The second-order valence-electron chi connectivity index (χ2n) is 5.50. The Morgan fingerprint density at radius 3 is 2.80 bits per heavy atom. The summed E-state index contributed by atoms with van der Waals surface area (Å²) in [6, 6.07) is -0.229. The van der Waals surface area contributed by atoms with E-state index in [1.807, 2.05) is 25.5 Å². The number of rotatable bonds is 2. The Labute approximate surface area is 119 Å². The predicted molar refractivity (Wildman–Crippen MR) is 75.5 cm³/mol. The Morgan fingerprint density at radius 2 is 2.20 bits per heavy atom. The average molecular weight is 278 g/mol. The lowest BCUT2D eigenvalue weighted by atomic mass is 10.1. The molecule has 20 heavy (non-hydrogen) atoms. The topological polar surface area (TPSA) is 67.2 Å². The van der Waals surface area contributed by atoms with Crippen molar-refractivity contribution in [2.24, 2.45) is 0 Å². The molecule has 0 spiro atoms. The Hall–Kier alpha value is -1.85. The lowest BCUT2D eigenvalue weighted by molar-refractivity contribution is -0.124. The van der Waals surface area contributed by atoms with Gasteiger partial charge in [-0.1, -0.05) is 0 Å². The zero-order chi connectivity index (χ0) is 14.9. The molecule has 1 atom stereocenters. The third-order valence-corrected chi connectivity index (χ3v) is 3.75. The molecule has 6 heteroatoms. The first-order valence-corrected chi connectivity index (χ1v) is 7.06. The molecule has 2 heterocycles. The summed E-state index contributed by atoms with van der Waals surface area (Å²) < 4.78 is 1.83. The maximum Gasteiger partial charge on any atom is 0.257 e. The fraction of sp³-hybridized carbons (Fsp3) is 0.643. The van der Waals surface area contributed by atoms with Gasteiger partial charge in [0, 0.05) is 24.8 Å². The van der Waals surface area contributed by atoms with Crippen LogP contribution < -0.4 is 5.32 Å². The number of carbonyl (C=O) groups is 2. The lowest BCUT2D eigenvalue weighted by Crippen LogP contribution is -2.45. The van der Waals surface area contributed by atoms with Gasteiger partial charge in [-0.05, 0) is 34.1 Å². The Bertz CT molecular complexity index is 521. The van der Waals surface area contributed by atoms with Gasteiger partial charge < -0.3 is 10.2 Å². The van der Waals surface area contributed by atoms with Gasteiger partial charge in [-0.25, -0.2) is 0 Å². The van der Waals surface area contributed by atoms with Crippen LogP contribution in [0.3, 0.4) is 0 Å². The Balaban J connectivity index is 2.28. The molecular weight excluding hydrogens is 256 g/mol. The van der Waals surface area contributed by atoms with Crippen molar-refractivity contribution in [3.63, 3.8) is 0 Å².